The molecular weight excluding hydrogens is 212 g/mol. The SMILES string of the molecule is CC(C)(C)Sc1nnccc1/C(N)=N/O. The number of nitrogens with two attached hydrogens (primary N) is 1. The molecule has 6 heteroatoms. The van der Waals surface area contributed by atoms with E-state index in [1.165, 1.54) is 18.0 Å². The van der Waals surface area contributed by atoms with Crippen molar-refractivity contribution in [2.75, 3.05) is 0 Å². The maximum absolute atomic E-state index is 8.62. The molecule has 5 nitrogen and oxygen atoms in total. The maximum Gasteiger partial charge on any atom is 0.172 e. The summed E-state index contributed by atoms with van der Waals surface area (Å²) in [5, 5.41) is 20.0. The van der Waals surface area contributed by atoms with E-state index >= 15 is 0 Å². The molecule has 1 aromatic heterocycles. The lowest BCUT2D eigenvalue weighted by molar-refractivity contribution is 0.318. The van der Waals surface area contributed by atoms with E-state index in [1.807, 2.05) is 0 Å². The van der Waals surface area contributed by atoms with E-state index in [9.17, 15) is 0 Å². The van der Waals surface area contributed by atoms with E-state index in [4.69, 9.17) is 10.9 Å². The minimum absolute atomic E-state index is 0.000515. The fraction of sp³-hybridized carbons (Fsp3) is 0.444. The van der Waals surface area contributed by atoms with Gasteiger partial charge in [-0.25, -0.2) is 0 Å². The van der Waals surface area contributed by atoms with Crippen LogP contribution < -0.4 is 5.73 Å². The van der Waals surface area contributed by atoms with Crippen molar-refractivity contribution in [3.05, 3.63) is 17.8 Å². The van der Waals surface area contributed by atoms with Crippen molar-refractivity contribution in [2.45, 2.75) is 30.5 Å². The molecule has 0 saturated carbocycles. The number of aromatic nitrogens is 2. The summed E-state index contributed by atoms with van der Waals surface area (Å²) in [4.78, 5) is 0. The Morgan fingerprint density at radius 3 is 2.73 bits per heavy atom. The molecule has 1 heterocycles. The van der Waals surface area contributed by atoms with Gasteiger partial charge in [0, 0.05) is 4.75 Å². The van der Waals surface area contributed by atoms with Gasteiger partial charge in [-0.05, 0) is 6.07 Å². The number of hydrogen-bond donors (Lipinski definition) is 2. The molecule has 0 unspecified atom stereocenters. The van der Waals surface area contributed by atoms with Crippen molar-refractivity contribution in [1.82, 2.24) is 10.2 Å². The number of hydrogen-bond acceptors (Lipinski definition) is 5. The minimum Gasteiger partial charge on any atom is -0.409 e. The van der Waals surface area contributed by atoms with E-state index < -0.39 is 0 Å². The highest BCUT2D eigenvalue weighted by atomic mass is 32.2. The van der Waals surface area contributed by atoms with Crippen LogP contribution in [0.4, 0.5) is 0 Å². The zero-order valence-corrected chi connectivity index (χ0v) is 9.75. The van der Waals surface area contributed by atoms with Crippen molar-refractivity contribution in [2.24, 2.45) is 10.9 Å². The zero-order valence-electron chi connectivity index (χ0n) is 8.93. The first-order valence-electron chi connectivity index (χ1n) is 4.42. The van der Waals surface area contributed by atoms with Gasteiger partial charge in [-0.15, -0.1) is 5.10 Å². The summed E-state index contributed by atoms with van der Waals surface area (Å²) in [6.07, 6.45) is 1.51. The second-order valence-corrected chi connectivity index (χ2v) is 5.77. The van der Waals surface area contributed by atoms with Crippen LogP contribution in [-0.2, 0) is 0 Å². The molecule has 1 rings (SSSR count). The van der Waals surface area contributed by atoms with Crippen LogP contribution in [0.1, 0.15) is 26.3 Å². The van der Waals surface area contributed by atoms with Crippen LogP contribution in [-0.4, -0.2) is 26.0 Å². The van der Waals surface area contributed by atoms with E-state index in [1.54, 1.807) is 6.07 Å². The molecule has 0 aliphatic heterocycles. The third-order valence-corrected chi connectivity index (χ3v) is 2.58. The maximum atomic E-state index is 8.62. The first kappa shape index (κ1) is 11.8. The van der Waals surface area contributed by atoms with Gasteiger partial charge in [0.15, 0.2) is 5.84 Å². The summed E-state index contributed by atoms with van der Waals surface area (Å²) in [7, 11) is 0. The van der Waals surface area contributed by atoms with Gasteiger partial charge in [-0.1, -0.05) is 37.7 Å². The fourth-order valence-electron chi connectivity index (χ4n) is 0.933. The zero-order chi connectivity index (χ0) is 11.5. The van der Waals surface area contributed by atoms with Crippen molar-refractivity contribution >= 4 is 17.6 Å². The normalized spacial score (nSPS) is 12.9. The van der Waals surface area contributed by atoms with E-state index in [0.29, 0.717) is 10.6 Å². The van der Waals surface area contributed by atoms with Gasteiger partial charge in [-0.3, -0.25) is 0 Å². The van der Waals surface area contributed by atoms with Crippen LogP contribution >= 0.6 is 11.8 Å². The molecule has 3 N–H and O–H groups in total. The van der Waals surface area contributed by atoms with Crippen LogP contribution in [0.25, 0.3) is 0 Å². The van der Waals surface area contributed by atoms with Gasteiger partial charge in [0.2, 0.25) is 0 Å². The Morgan fingerprint density at radius 2 is 2.20 bits per heavy atom. The smallest absolute Gasteiger partial charge is 0.172 e. The predicted octanol–water partition coefficient (Wildman–Crippen LogP) is 1.46. The lowest BCUT2D eigenvalue weighted by Crippen LogP contribution is -2.17. The van der Waals surface area contributed by atoms with Gasteiger partial charge in [0.1, 0.15) is 5.03 Å². The van der Waals surface area contributed by atoms with Gasteiger partial charge in [0.25, 0.3) is 0 Å². The van der Waals surface area contributed by atoms with Crippen molar-refractivity contribution in [1.29, 1.82) is 0 Å². The molecular formula is C9H14N4OS. The molecule has 0 aliphatic rings. The van der Waals surface area contributed by atoms with E-state index in [-0.39, 0.29) is 10.6 Å². The van der Waals surface area contributed by atoms with Gasteiger partial charge in [-0.2, -0.15) is 5.10 Å². The highest BCUT2D eigenvalue weighted by molar-refractivity contribution is 8.00. The van der Waals surface area contributed by atoms with Crippen molar-refractivity contribution < 1.29 is 5.21 Å². The molecule has 1 aromatic rings. The molecule has 15 heavy (non-hydrogen) atoms. The molecule has 0 amide bonds. The van der Waals surface area contributed by atoms with Crippen LogP contribution in [0.15, 0.2) is 22.4 Å². The standard InChI is InChI=1S/C9H14N4OS/c1-9(2,3)15-8-6(7(10)13-14)4-5-11-12-8/h4-5,14H,1-3H3,(H2,10,13). The second kappa shape index (κ2) is 4.48. The predicted molar refractivity (Wildman–Crippen MR) is 60.2 cm³/mol. The largest absolute Gasteiger partial charge is 0.409 e. The van der Waals surface area contributed by atoms with Gasteiger partial charge >= 0.3 is 0 Å². The third kappa shape index (κ3) is 3.39. The van der Waals surface area contributed by atoms with Crippen LogP contribution in [0.3, 0.4) is 0 Å². The summed E-state index contributed by atoms with van der Waals surface area (Å²) in [5.74, 6) is 0.0525. The summed E-state index contributed by atoms with van der Waals surface area (Å²) >= 11 is 1.53. The first-order valence-corrected chi connectivity index (χ1v) is 5.24. The molecule has 82 valence electrons. The monoisotopic (exact) mass is 226 g/mol. The van der Waals surface area contributed by atoms with Gasteiger partial charge in [0.05, 0.1) is 11.8 Å². The topological polar surface area (TPSA) is 84.4 Å². The molecule has 0 radical (unpaired) electrons. The number of rotatable bonds is 2. The van der Waals surface area contributed by atoms with E-state index in [2.05, 4.69) is 36.1 Å². The third-order valence-electron chi connectivity index (χ3n) is 1.47. The molecule has 0 aliphatic carbocycles. The fourth-order valence-corrected chi connectivity index (χ4v) is 1.88. The lowest BCUT2D eigenvalue weighted by atomic mass is 10.3. The average Bonchev–Trinajstić information content (AvgIpc) is 2.15. The Balaban J connectivity index is 3.07. The molecule has 0 aromatic carbocycles. The van der Waals surface area contributed by atoms with E-state index in [0.717, 1.165) is 0 Å². The highest BCUT2D eigenvalue weighted by Gasteiger charge is 2.17. The molecule has 0 atom stereocenters. The Labute approximate surface area is 92.8 Å². The quantitative estimate of drug-likeness (QED) is 0.262. The minimum atomic E-state index is 0.000515. The second-order valence-electron chi connectivity index (χ2n) is 3.95. The first-order chi connectivity index (χ1) is 6.94. The molecule has 0 fully saturated rings. The molecule has 0 spiro atoms. The number of amidine groups is 1. The Kier molecular flexibility index (Phi) is 3.52. The Morgan fingerprint density at radius 1 is 1.53 bits per heavy atom. The summed E-state index contributed by atoms with van der Waals surface area (Å²) < 4.78 is 0.000515. The number of oxime groups is 1. The van der Waals surface area contributed by atoms with Crippen molar-refractivity contribution in [3.8, 4) is 0 Å². The van der Waals surface area contributed by atoms with Crippen molar-refractivity contribution in [3.63, 3.8) is 0 Å². The van der Waals surface area contributed by atoms with Crippen LogP contribution in [0.5, 0.6) is 0 Å². The van der Waals surface area contributed by atoms with Crippen LogP contribution in [0.2, 0.25) is 0 Å². The Bertz CT molecular complexity index is 373. The molecule has 0 bridgehead atoms. The van der Waals surface area contributed by atoms with Crippen LogP contribution in [0, 0.1) is 0 Å². The summed E-state index contributed by atoms with van der Waals surface area (Å²) in [5.41, 5.74) is 6.14. The average molecular weight is 226 g/mol. The summed E-state index contributed by atoms with van der Waals surface area (Å²) in [6, 6.07) is 1.68. The Hall–Kier alpha value is -1.30. The summed E-state index contributed by atoms with van der Waals surface area (Å²) in [6.45, 7) is 6.17. The molecule has 0 saturated heterocycles. The highest BCUT2D eigenvalue weighted by Crippen LogP contribution is 2.31. The number of thioether (sulfide) groups is 1. The van der Waals surface area contributed by atoms with Gasteiger partial charge < -0.3 is 10.9 Å². The number of nitrogens with zero attached hydrogens (tertiary/aromatic N) is 3. The lowest BCUT2D eigenvalue weighted by Gasteiger charge is -2.17.